The van der Waals surface area contributed by atoms with E-state index in [9.17, 15) is 38.2 Å². The smallest absolute Gasteiger partial charge is 0.322 e. The van der Waals surface area contributed by atoms with E-state index < -0.39 is 81.3 Å². The zero-order valence-electron chi connectivity index (χ0n) is 40.9. The number of nitrogens with two attached hydrogens (primary N) is 1. The molecular weight excluding hydrogens is 863 g/mol. The number of carbonyl (C=O) groups excluding carboxylic acids is 5. The van der Waals surface area contributed by atoms with Crippen molar-refractivity contribution in [2.45, 2.75) is 167 Å². The highest BCUT2D eigenvalue weighted by molar-refractivity contribution is 7.45. The van der Waals surface area contributed by atoms with Crippen LogP contribution in [0, 0.1) is 5.92 Å². The molecule has 0 fully saturated rings. The number of rotatable bonds is 42. The van der Waals surface area contributed by atoms with Gasteiger partial charge in [-0.3, -0.25) is 33.3 Å². The summed E-state index contributed by atoms with van der Waals surface area (Å²) >= 11 is 0. The zero-order chi connectivity index (χ0) is 49.1. The van der Waals surface area contributed by atoms with Crippen LogP contribution in [0.15, 0.2) is 0 Å². The Bertz CT molecular complexity index is 1400. The topological polar surface area (TPSA) is 265 Å². The Morgan fingerprint density at radius 3 is 1.82 bits per heavy atom. The van der Waals surface area contributed by atoms with Crippen LogP contribution in [0.4, 0.5) is 0 Å². The molecule has 0 saturated heterocycles. The number of phosphoric acid groups is 1. The summed E-state index contributed by atoms with van der Waals surface area (Å²) < 4.78 is 33.9. The number of ether oxygens (including phenoxy) is 2. The number of quaternary nitrogens is 1. The molecule has 0 aliphatic carbocycles. The zero-order valence-corrected chi connectivity index (χ0v) is 41.8. The minimum absolute atomic E-state index is 0.0373. The lowest BCUT2D eigenvalue weighted by molar-refractivity contribution is -0.870. The first kappa shape index (κ1) is 61.8. The third-order valence-electron chi connectivity index (χ3n) is 10.6. The third-order valence-corrected chi connectivity index (χ3v) is 11.6. The lowest BCUT2D eigenvalue weighted by atomic mass is 10.0. The maximum atomic E-state index is 12.9. The van der Waals surface area contributed by atoms with Crippen LogP contribution in [-0.2, 0) is 51.9 Å². The molecule has 0 rings (SSSR count). The van der Waals surface area contributed by atoms with Gasteiger partial charge >= 0.3 is 17.9 Å². The van der Waals surface area contributed by atoms with Gasteiger partial charge in [-0.25, -0.2) is 0 Å². The van der Waals surface area contributed by atoms with Gasteiger partial charge in [0.05, 0.1) is 40.3 Å². The molecule has 0 aromatic heterocycles. The van der Waals surface area contributed by atoms with Gasteiger partial charge in [0, 0.05) is 12.8 Å². The maximum Gasteiger partial charge on any atom is 0.322 e. The quantitative estimate of drug-likeness (QED) is 0.0249. The number of carboxylic acids is 1. The largest absolute Gasteiger partial charge is 0.756 e. The first-order valence-electron chi connectivity index (χ1n) is 23.9. The maximum absolute atomic E-state index is 12.9. The van der Waals surface area contributed by atoms with E-state index in [1.54, 1.807) is 13.8 Å². The summed E-state index contributed by atoms with van der Waals surface area (Å²) in [6, 6.07) is -1.80. The van der Waals surface area contributed by atoms with Crippen molar-refractivity contribution >= 4 is 43.5 Å². The summed E-state index contributed by atoms with van der Waals surface area (Å²) in [7, 11) is 2.85. The lowest BCUT2D eigenvalue weighted by Gasteiger charge is -2.28. The van der Waals surface area contributed by atoms with Gasteiger partial charge in [-0.15, -0.1) is 0 Å². The number of carboxylic acid groups (broad SMARTS) is 1. The normalized spacial score (nSPS) is 14.0. The van der Waals surface area contributed by atoms with Crippen LogP contribution in [-0.4, -0.2) is 149 Å². The number of carbonyl (C=O) groups is 6. The van der Waals surface area contributed by atoms with E-state index in [0.717, 1.165) is 19.3 Å². The number of aliphatic carboxylic acids is 1. The summed E-state index contributed by atoms with van der Waals surface area (Å²) in [5, 5.41) is 16.0. The molecule has 0 heterocycles. The highest BCUT2D eigenvalue weighted by Gasteiger charge is 2.26. The molecule has 0 bridgehead atoms. The average Bonchev–Trinajstić information content (AvgIpc) is 3.23. The Labute approximate surface area is 389 Å². The molecule has 0 spiro atoms. The van der Waals surface area contributed by atoms with Crippen molar-refractivity contribution in [2.75, 3.05) is 80.7 Å². The number of phosphoric ester groups is 1. The molecule has 0 aromatic rings. The predicted octanol–water partition coefficient (Wildman–Crippen LogP) is 4.19. The van der Waals surface area contributed by atoms with Crippen molar-refractivity contribution in [3.8, 4) is 0 Å². The van der Waals surface area contributed by atoms with Crippen molar-refractivity contribution in [1.82, 2.24) is 20.9 Å². The number of amides is 3. The van der Waals surface area contributed by atoms with E-state index in [4.69, 9.17) is 29.4 Å². The van der Waals surface area contributed by atoms with Gasteiger partial charge in [-0.05, 0) is 64.6 Å². The fourth-order valence-electron chi connectivity index (χ4n) is 6.40. The van der Waals surface area contributed by atoms with E-state index in [1.165, 1.54) is 57.8 Å². The molecule has 0 saturated carbocycles. The Kier molecular flexibility index (Phi) is 35.1. The second kappa shape index (κ2) is 36.9. The van der Waals surface area contributed by atoms with E-state index in [2.05, 4.69) is 27.8 Å². The number of nitrogens with one attached hydrogen (secondary N) is 3. The monoisotopic (exact) mass is 951 g/mol. The van der Waals surface area contributed by atoms with Crippen molar-refractivity contribution in [3.05, 3.63) is 0 Å². The predicted molar refractivity (Wildman–Crippen MR) is 247 cm³/mol. The Hall–Kier alpha value is -3.19. The van der Waals surface area contributed by atoms with Gasteiger partial charge in [0.15, 0.2) is 6.10 Å². The van der Waals surface area contributed by atoms with Gasteiger partial charge in [0.2, 0.25) is 17.7 Å². The number of likely N-dealkylation sites (N-methyl/N-ethyl adjacent to an activating group) is 1. The fourth-order valence-corrected chi connectivity index (χ4v) is 7.13. The van der Waals surface area contributed by atoms with E-state index >= 15 is 0 Å². The number of unbranched alkanes of at least 4 members (excludes halogenated alkanes) is 14. The van der Waals surface area contributed by atoms with Crippen LogP contribution in [0.3, 0.4) is 0 Å². The molecule has 0 aliphatic rings. The van der Waals surface area contributed by atoms with E-state index in [0.29, 0.717) is 56.2 Å². The highest BCUT2D eigenvalue weighted by Crippen LogP contribution is 2.38. The van der Waals surface area contributed by atoms with Crippen molar-refractivity contribution in [2.24, 2.45) is 11.7 Å². The number of nitrogens with zero attached hydrogens (tertiary/aromatic N) is 2. The number of hydrogen-bond donors (Lipinski definition) is 5. The van der Waals surface area contributed by atoms with E-state index in [1.807, 2.05) is 28.2 Å². The van der Waals surface area contributed by atoms with Crippen LogP contribution >= 0.6 is 7.82 Å². The van der Waals surface area contributed by atoms with Crippen LogP contribution < -0.4 is 26.6 Å². The SMILES string of the molecule is CCCCCCCCCCCCCCCC(=O)OC[C@@H](COP(=O)([O-])OCC[N+](C)(C)C)OC(=O)CCCCN(C)CCCC[C@H](NC(=O)[C@@H](N)C(C)C)C(=O)NCC(=O)NCC(=O)O. The van der Waals surface area contributed by atoms with Crippen LogP contribution in [0.2, 0.25) is 0 Å². The summed E-state index contributed by atoms with van der Waals surface area (Å²) in [5.41, 5.74) is 5.97. The number of esters is 2. The summed E-state index contributed by atoms with van der Waals surface area (Å²) in [5.74, 6) is -4.24. The third kappa shape index (κ3) is 37.6. The molecule has 0 aromatic carbocycles. The molecule has 0 aliphatic heterocycles. The van der Waals surface area contributed by atoms with Crippen LogP contribution in [0.5, 0.6) is 0 Å². The molecule has 19 nitrogen and oxygen atoms in total. The van der Waals surface area contributed by atoms with Crippen LogP contribution in [0.1, 0.15) is 149 Å². The van der Waals surface area contributed by atoms with Gasteiger partial charge in [0.25, 0.3) is 7.82 Å². The van der Waals surface area contributed by atoms with Crippen molar-refractivity contribution in [1.29, 1.82) is 0 Å². The van der Waals surface area contributed by atoms with Gasteiger partial charge in [-0.1, -0.05) is 97.8 Å². The van der Waals surface area contributed by atoms with Crippen molar-refractivity contribution < 1.29 is 66.3 Å². The summed E-state index contributed by atoms with van der Waals surface area (Å²) in [6.45, 7) is 5.41. The van der Waals surface area contributed by atoms with E-state index in [-0.39, 0.29) is 38.4 Å². The standard InChI is InChI=1S/C45H87N6O13P/c1-8-9-10-11-12-13-14-15-16-17-18-19-20-26-41(55)61-34-37(35-63-65(59,60)62-31-30-51(5,6)7)64-42(56)27-22-24-29-50(4)28-23-21-25-38(49-45(58)43(46)36(2)3)44(57)48-32-39(52)47-33-40(53)54/h36-38,43H,8-35,46H2,1-7H3,(H4-,47,48,49,52,53,54,57,58,59,60)/t37-,38-,43-/m0/s1. The number of hydrogen-bond acceptors (Lipinski definition) is 14. The average molecular weight is 951 g/mol. The second-order valence-corrected chi connectivity index (χ2v) is 19.8. The second-order valence-electron chi connectivity index (χ2n) is 18.4. The Morgan fingerprint density at radius 1 is 0.723 bits per heavy atom. The Balaban J connectivity index is 4.89. The van der Waals surface area contributed by atoms with Gasteiger partial charge < -0.3 is 59.6 Å². The van der Waals surface area contributed by atoms with Crippen molar-refractivity contribution in [3.63, 3.8) is 0 Å². The molecular formula is C45H87N6O13P. The fraction of sp³-hybridized carbons (Fsp3) is 0.867. The van der Waals surface area contributed by atoms with Crippen LogP contribution in [0.25, 0.3) is 0 Å². The molecule has 0 radical (unpaired) electrons. The van der Waals surface area contributed by atoms with Gasteiger partial charge in [0.1, 0.15) is 32.3 Å². The molecule has 20 heteroatoms. The highest BCUT2D eigenvalue weighted by atomic mass is 31.2. The minimum atomic E-state index is -4.72. The Morgan fingerprint density at radius 2 is 1.26 bits per heavy atom. The molecule has 6 N–H and O–H groups in total. The van der Waals surface area contributed by atoms with Gasteiger partial charge in [-0.2, -0.15) is 0 Å². The lowest BCUT2D eigenvalue weighted by Crippen LogP contribution is -2.54. The molecule has 4 atom stereocenters. The first-order valence-corrected chi connectivity index (χ1v) is 25.4. The first-order chi connectivity index (χ1) is 30.7. The summed E-state index contributed by atoms with van der Waals surface area (Å²) in [6.07, 6.45) is 17.0. The summed E-state index contributed by atoms with van der Waals surface area (Å²) in [4.78, 5) is 88.1. The minimum Gasteiger partial charge on any atom is -0.756 e. The molecule has 1 unspecified atom stereocenters. The molecule has 380 valence electrons. The molecule has 65 heavy (non-hydrogen) atoms. The molecule has 3 amide bonds.